The molecule has 0 heterocycles. The Labute approximate surface area is 77.8 Å². The van der Waals surface area contributed by atoms with Crippen molar-refractivity contribution in [2.75, 3.05) is 7.11 Å². The zero-order chi connectivity index (χ0) is 10.4. The van der Waals surface area contributed by atoms with E-state index in [9.17, 15) is 9.59 Å². The highest BCUT2D eigenvalue weighted by Crippen LogP contribution is 2.16. The molecule has 0 aliphatic rings. The average molecular weight is 185 g/mol. The zero-order valence-electron chi connectivity index (χ0n) is 8.16. The summed E-state index contributed by atoms with van der Waals surface area (Å²) in [6.45, 7) is 3.69. The summed E-state index contributed by atoms with van der Waals surface area (Å²) < 4.78 is 4.55. The molecule has 4 nitrogen and oxygen atoms in total. The molecule has 1 unspecified atom stereocenters. The lowest BCUT2D eigenvalue weighted by atomic mass is 9.91. The first-order chi connectivity index (χ1) is 6.02. The van der Waals surface area contributed by atoms with E-state index in [1.165, 1.54) is 7.11 Å². The Kier molecular flexibility index (Phi) is 4.96. The lowest BCUT2D eigenvalue weighted by molar-refractivity contribution is -0.148. The van der Waals surface area contributed by atoms with Crippen LogP contribution in [0, 0.1) is 17.2 Å². The van der Waals surface area contributed by atoms with Crippen molar-refractivity contribution in [2.24, 2.45) is 11.8 Å². The number of carbonyl (C=O) groups excluding carboxylic acids is 2. The van der Waals surface area contributed by atoms with Gasteiger partial charge >= 0.3 is 5.97 Å². The molecule has 0 aliphatic carbocycles. The maximum absolute atomic E-state index is 11.2. The topological polar surface area (TPSA) is 67.2 Å². The minimum Gasteiger partial charge on any atom is -0.469 e. The molecule has 0 aromatic heterocycles. The molecule has 0 amide bonds. The van der Waals surface area contributed by atoms with Gasteiger partial charge in [0.2, 0.25) is 0 Å². The van der Waals surface area contributed by atoms with Crippen molar-refractivity contribution in [1.82, 2.24) is 0 Å². The Morgan fingerprint density at radius 2 is 2.00 bits per heavy atom. The highest BCUT2D eigenvalue weighted by molar-refractivity contribution is 6.26. The smallest absolute Gasteiger partial charge is 0.309 e. The molecule has 0 aromatic rings. The predicted octanol–water partition coefficient (Wildman–Crippen LogP) is 1.04. The number of Topliss-reactive ketones (excluding diaryl/α,β-unsaturated/α-hetero) is 1. The van der Waals surface area contributed by atoms with Gasteiger partial charge in [-0.15, -0.1) is 0 Å². The van der Waals surface area contributed by atoms with Crippen molar-refractivity contribution in [2.45, 2.75) is 20.3 Å². The molecule has 0 radical (unpaired) electrons. The van der Waals surface area contributed by atoms with E-state index in [0.29, 0.717) is 0 Å². The van der Waals surface area contributed by atoms with Crippen LogP contribution in [0.4, 0.5) is 0 Å². The van der Waals surface area contributed by atoms with Crippen molar-refractivity contribution < 1.29 is 14.3 Å². The van der Waals surface area contributed by atoms with Crippen molar-refractivity contribution in [3.05, 3.63) is 0 Å². The molecule has 13 heavy (non-hydrogen) atoms. The van der Waals surface area contributed by atoms with Gasteiger partial charge in [-0.25, -0.2) is 0 Å². The number of hydrogen-bond acceptors (Lipinski definition) is 4. The average Bonchev–Trinajstić information content (AvgIpc) is 2.11. The standard InChI is InChI=1S/C9H15NO3/c1-6(2)8(9(12)13-3)4-7(11)5-10/h5-6,8,10H,4H2,1-3H3. The minimum atomic E-state index is -0.431. The summed E-state index contributed by atoms with van der Waals surface area (Å²) in [7, 11) is 1.30. The Morgan fingerprint density at radius 1 is 1.46 bits per heavy atom. The Hall–Kier alpha value is -1.19. The van der Waals surface area contributed by atoms with Gasteiger partial charge in [-0.3, -0.25) is 9.59 Å². The first kappa shape index (κ1) is 11.8. The molecule has 0 saturated heterocycles. The second-order valence-electron chi connectivity index (χ2n) is 3.19. The molecule has 0 spiro atoms. The molecule has 1 N–H and O–H groups in total. The maximum Gasteiger partial charge on any atom is 0.309 e. The highest BCUT2D eigenvalue weighted by Gasteiger charge is 2.24. The van der Waals surface area contributed by atoms with Gasteiger partial charge in [-0.1, -0.05) is 13.8 Å². The van der Waals surface area contributed by atoms with Crippen molar-refractivity contribution in [1.29, 1.82) is 5.41 Å². The van der Waals surface area contributed by atoms with Crippen molar-refractivity contribution in [3.8, 4) is 0 Å². The summed E-state index contributed by atoms with van der Waals surface area (Å²) in [5.74, 6) is -1.11. The second-order valence-corrected chi connectivity index (χ2v) is 3.19. The maximum atomic E-state index is 11.2. The third kappa shape index (κ3) is 3.83. The van der Waals surface area contributed by atoms with Gasteiger partial charge in [0.05, 0.1) is 19.2 Å². The van der Waals surface area contributed by atoms with Crippen LogP contribution in [0.1, 0.15) is 20.3 Å². The molecule has 4 heteroatoms. The third-order valence-electron chi connectivity index (χ3n) is 1.89. The fourth-order valence-corrected chi connectivity index (χ4v) is 1.02. The number of ether oxygens (including phenoxy) is 1. The summed E-state index contributed by atoms with van der Waals surface area (Å²) >= 11 is 0. The number of hydrogen-bond donors (Lipinski definition) is 1. The number of esters is 1. The first-order valence-corrected chi connectivity index (χ1v) is 4.14. The largest absolute Gasteiger partial charge is 0.469 e. The van der Waals surface area contributed by atoms with E-state index >= 15 is 0 Å². The van der Waals surface area contributed by atoms with Gasteiger partial charge in [-0.2, -0.15) is 0 Å². The van der Waals surface area contributed by atoms with E-state index < -0.39 is 5.92 Å². The Bertz CT molecular complexity index is 211. The van der Waals surface area contributed by atoms with Crippen LogP contribution in [0.15, 0.2) is 0 Å². The summed E-state index contributed by atoms with van der Waals surface area (Å²) in [6, 6.07) is 0. The van der Waals surface area contributed by atoms with Crippen LogP contribution in [0.5, 0.6) is 0 Å². The van der Waals surface area contributed by atoms with Gasteiger partial charge in [0.25, 0.3) is 0 Å². The van der Waals surface area contributed by atoms with Gasteiger partial charge < -0.3 is 10.1 Å². The normalized spacial score (nSPS) is 12.3. The van der Waals surface area contributed by atoms with Crippen LogP contribution in [0.2, 0.25) is 0 Å². The zero-order valence-corrected chi connectivity index (χ0v) is 8.16. The van der Waals surface area contributed by atoms with Crippen LogP contribution >= 0.6 is 0 Å². The molecule has 74 valence electrons. The molecule has 0 aliphatic heterocycles. The molecular weight excluding hydrogens is 170 g/mol. The van der Waals surface area contributed by atoms with Crippen LogP contribution < -0.4 is 0 Å². The number of carbonyl (C=O) groups is 2. The molecule has 0 fully saturated rings. The van der Waals surface area contributed by atoms with Gasteiger partial charge in [0.1, 0.15) is 0 Å². The van der Waals surface area contributed by atoms with Crippen LogP contribution in [-0.2, 0) is 14.3 Å². The molecule has 0 rings (SSSR count). The Morgan fingerprint density at radius 3 is 2.31 bits per heavy atom. The molecule has 0 saturated carbocycles. The lowest BCUT2D eigenvalue weighted by Crippen LogP contribution is -2.24. The number of ketones is 1. The lowest BCUT2D eigenvalue weighted by Gasteiger charge is -2.16. The van der Waals surface area contributed by atoms with Crippen LogP contribution in [-0.4, -0.2) is 25.1 Å². The van der Waals surface area contributed by atoms with E-state index in [1.54, 1.807) is 0 Å². The van der Waals surface area contributed by atoms with Gasteiger partial charge in [0, 0.05) is 6.42 Å². The number of nitrogens with one attached hydrogen (secondary N) is 1. The summed E-state index contributed by atoms with van der Waals surface area (Å²) in [4.78, 5) is 22.1. The number of rotatable bonds is 5. The van der Waals surface area contributed by atoms with E-state index in [-0.39, 0.29) is 24.1 Å². The fourth-order valence-electron chi connectivity index (χ4n) is 1.02. The third-order valence-corrected chi connectivity index (χ3v) is 1.89. The van der Waals surface area contributed by atoms with E-state index in [0.717, 1.165) is 6.21 Å². The molecule has 1 atom stereocenters. The highest BCUT2D eigenvalue weighted by atomic mass is 16.5. The van der Waals surface area contributed by atoms with E-state index in [1.807, 2.05) is 13.8 Å². The predicted molar refractivity (Wildman–Crippen MR) is 48.8 cm³/mol. The molecule has 0 aromatic carbocycles. The minimum absolute atomic E-state index is 0.0522. The monoisotopic (exact) mass is 185 g/mol. The number of methoxy groups -OCH3 is 1. The van der Waals surface area contributed by atoms with Crippen LogP contribution in [0.3, 0.4) is 0 Å². The summed E-state index contributed by atoms with van der Waals surface area (Å²) in [5, 5.41) is 6.71. The summed E-state index contributed by atoms with van der Waals surface area (Å²) in [5.41, 5.74) is 0. The van der Waals surface area contributed by atoms with Crippen molar-refractivity contribution in [3.63, 3.8) is 0 Å². The quantitative estimate of drug-likeness (QED) is 0.514. The van der Waals surface area contributed by atoms with E-state index in [2.05, 4.69) is 4.74 Å². The van der Waals surface area contributed by atoms with Crippen molar-refractivity contribution >= 4 is 18.0 Å². The van der Waals surface area contributed by atoms with Gasteiger partial charge in [0.15, 0.2) is 5.78 Å². The van der Waals surface area contributed by atoms with Crippen LogP contribution in [0.25, 0.3) is 0 Å². The fraction of sp³-hybridized carbons (Fsp3) is 0.667. The van der Waals surface area contributed by atoms with Gasteiger partial charge in [-0.05, 0) is 5.92 Å². The first-order valence-electron chi connectivity index (χ1n) is 4.14. The van der Waals surface area contributed by atoms with E-state index in [4.69, 9.17) is 5.41 Å². The summed E-state index contributed by atoms with van der Waals surface area (Å²) in [6.07, 6.45) is 0.798. The Balaban J connectivity index is 4.34. The second kappa shape index (κ2) is 5.45. The molecular formula is C9H15NO3. The molecule has 0 bridgehead atoms. The SMILES string of the molecule is COC(=O)C(CC(=O)C=N)C(C)C.